The normalized spacial score (nSPS) is 12.3. The van der Waals surface area contributed by atoms with E-state index < -0.39 is 10.2 Å². The maximum absolute atomic E-state index is 12.4. The van der Waals surface area contributed by atoms with Gasteiger partial charge in [-0.15, -0.1) is 0 Å². The van der Waals surface area contributed by atoms with Gasteiger partial charge in [-0.1, -0.05) is 50.6 Å². The van der Waals surface area contributed by atoms with Gasteiger partial charge in [-0.25, -0.2) is 0 Å². The Balaban J connectivity index is 2.99. The number of hydrogen-bond acceptors (Lipinski definition) is 2. The molecule has 0 amide bonds. The molecule has 0 unspecified atom stereocenters. The standard InChI is InChI=1S/C13H21ClN2O2S/c1-4-15(5-2)19(17,18)16(6-3)11-12-9-7-8-10-13(12)14/h7-10H,4-6,11H2,1-3H3. The lowest BCUT2D eigenvalue weighted by Crippen LogP contribution is -2.43. The molecule has 0 aliphatic carbocycles. The van der Waals surface area contributed by atoms with Gasteiger partial charge < -0.3 is 0 Å². The first-order valence-electron chi connectivity index (χ1n) is 6.45. The molecule has 0 N–H and O–H groups in total. The Morgan fingerprint density at radius 1 is 1.00 bits per heavy atom. The van der Waals surface area contributed by atoms with E-state index in [4.69, 9.17) is 11.6 Å². The zero-order valence-corrected chi connectivity index (χ0v) is 13.2. The monoisotopic (exact) mass is 304 g/mol. The van der Waals surface area contributed by atoms with Crippen molar-refractivity contribution in [1.82, 2.24) is 8.61 Å². The Labute approximate surface area is 121 Å². The quantitative estimate of drug-likeness (QED) is 0.777. The molecule has 0 aromatic heterocycles. The molecule has 0 radical (unpaired) electrons. The molecule has 108 valence electrons. The van der Waals surface area contributed by atoms with Gasteiger partial charge in [0.05, 0.1) is 0 Å². The molecule has 0 saturated carbocycles. The molecule has 0 heterocycles. The number of nitrogens with zero attached hydrogens (tertiary/aromatic N) is 2. The molecule has 0 saturated heterocycles. The minimum absolute atomic E-state index is 0.301. The molecule has 19 heavy (non-hydrogen) atoms. The summed E-state index contributed by atoms with van der Waals surface area (Å²) in [5, 5.41) is 0.593. The molecular weight excluding hydrogens is 284 g/mol. The fourth-order valence-corrected chi connectivity index (χ4v) is 3.69. The fourth-order valence-electron chi connectivity index (χ4n) is 1.89. The Hall–Kier alpha value is -0.620. The van der Waals surface area contributed by atoms with E-state index in [0.29, 0.717) is 31.2 Å². The van der Waals surface area contributed by atoms with Crippen LogP contribution in [0.15, 0.2) is 24.3 Å². The van der Waals surface area contributed by atoms with E-state index >= 15 is 0 Å². The molecule has 0 aliphatic heterocycles. The summed E-state index contributed by atoms with van der Waals surface area (Å²) >= 11 is 6.09. The maximum Gasteiger partial charge on any atom is 0.282 e. The van der Waals surface area contributed by atoms with E-state index in [-0.39, 0.29) is 0 Å². The first kappa shape index (κ1) is 16.4. The predicted octanol–water partition coefficient (Wildman–Crippen LogP) is 2.75. The highest BCUT2D eigenvalue weighted by Crippen LogP contribution is 2.19. The van der Waals surface area contributed by atoms with Gasteiger partial charge in [0.2, 0.25) is 0 Å². The minimum atomic E-state index is -3.42. The van der Waals surface area contributed by atoms with E-state index in [1.807, 2.05) is 39.0 Å². The van der Waals surface area contributed by atoms with Crippen LogP contribution in [0.3, 0.4) is 0 Å². The Morgan fingerprint density at radius 2 is 1.53 bits per heavy atom. The van der Waals surface area contributed by atoms with Crippen molar-refractivity contribution in [3.05, 3.63) is 34.9 Å². The van der Waals surface area contributed by atoms with Crippen LogP contribution in [0.2, 0.25) is 5.02 Å². The van der Waals surface area contributed by atoms with Gasteiger partial charge in [-0.2, -0.15) is 17.0 Å². The van der Waals surface area contributed by atoms with Gasteiger partial charge in [-0.3, -0.25) is 0 Å². The fraction of sp³-hybridized carbons (Fsp3) is 0.538. The van der Waals surface area contributed by atoms with Crippen molar-refractivity contribution in [3.63, 3.8) is 0 Å². The van der Waals surface area contributed by atoms with Crippen molar-refractivity contribution in [2.45, 2.75) is 27.3 Å². The van der Waals surface area contributed by atoms with E-state index in [9.17, 15) is 8.42 Å². The van der Waals surface area contributed by atoms with Crippen molar-refractivity contribution in [2.75, 3.05) is 19.6 Å². The lowest BCUT2D eigenvalue weighted by atomic mass is 10.2. The average Bonchev–Trinajstić information content (AvgIpc) is 2.38. The molecule has 0 atom stereocenters. The van der Waals surface area contributed by atoms with Crippen molar-refractivity contribution in [3.8, 4) is 0 Å². The molecule has 1 rings (SSSR count). The van der Waals surface area contributed by atoms with Crippen molar-refractivity contribution >= 4 is 21.8 Å². The van der Waals surface area contributed by atoms with Crippen LogP contribution in [0.25, 0.3) is 0 Å². The second-order valence-corrected chi connectivity index (χ2v) is 6.45. The number of benzene rings is 1. The zero-order valence-electron chi connectivity index (χ0n) is 11.6. The summed E-state index contributed by atoms with van der Waals surface area (Å²) in [6, 6.07) is 7.32. The molecular formula is C13H21ClN2O2S. The average molecular weight is 305 g/mol. The summed E-state index contributed by atoms with van der Waals surface area (Å²) in [6.45, 7) is 7.17. The second kappa shape index (κ2) is 7.24. The summed E-state index contributed by atoms with van der Waals surface area (Å²) in [4.78, 5) is 0. The molecule has 6 heteroatoms. The molecule has 1 aromatic rings. The summed E-state index contributed by atoms with van der Waals surface area (Å²) in [6.07, 6.45) is 0. The van der Waals surface area contributed by atoms with Gasteiger partial charge in [0.25, 0.3) is 10.2 Å². The molecule has 0 bridgehead atoms. The predicted molar refractivity (Wildman–Crippen MR) is 79.4 cm³/mol. The van der Waals surface area contributed by atoms with Crippen molar-refractivity contribution < 1.29 is 8.42 Å². The Morgan fingerprint density at radius 3 is 2.00 bits per heavy atom. The molecule has 0 fully saturated rings. The lowest BCUT2D eigenvalue weighted by molar-refractivity contribution is 0.353. The van der Waals surface area contributed by atoms with Crippen LogP contribution in [0.5, 0.6) is 0 Å². The Bertz CT molecular complexity index is 501. The van der Waals surface area contributed by atoms with E-state index in [0.717, 1.165) is 5.56 Å². The number of rotatable bonds is 7. The highest BCUT2D eigenvalue weighted by molar-refractivity contribution is 7.86. The maximum atomic E-state index is 12.4. The van der Waals surface area contributed by atoms with Crippen molar-refractivity contribution in [1.29, 1.82) is 0 Å². The summed E-state index contributed by atoms with van der Waals surface area (Å²) < 4.78 is 27.8. The third-order valence-corrected chi connectivity index (χ3v) is 5.59. The molecule has 4 nitrogen and oxygen atoms in total. The van der Waals surface area contributed by atoms with Crippen LogP contribution in [0.4, 0.5) is 0 Å². The van der Waals surface area contributed by atoms with Crippen LogP contribution in [-0.4, -0.2) is 36.7 Å². The highest BCUT2D eigenvalue weighted by Gasteiger charge is 2.26. The first-order valence-corrected chi connectivity index (χ1v) is 8.23. The smallest absolute Gasteiger partial charge is 0.195 e. The summed E-state index contributed by atoms with van der Waals surface area (Å²) in [5.74, 6) is 0. The minimum Gasteiger partial charge on any atom is -0.195 e. The zero-order chi connectivity index (χ0) is 14.5. The van der Waals surface area contributed by atoms with Gasteiger partial charge in [0, 0.05) is 31.2 Å². The van der Waals surface area contributed by atoms with Crippen LogP contribution >= 0.6 is 11.6 Å². The van der Waals surface area contributed by atoms with Gasteiger partial charge in [-0.05, 0) is 11.6 Å². The lowest BCUT2D eigenvalue weighted by Gasteiger charge is -2.27. The van der Waals surface area contributed by atoms with E-state index in [1.54, 1.807) is 6.07 Å². The van der Waals surface area contributed by atoms with Crippen LogP contribution in [0, 0.1) is 0 Å². The van der Waals surface area contributed by atoms with E-state index in [1.165, 1.54) is 8.61 Å². The first-order chi connectivity index (χ1) is 8.97. The molecule has 0 spiro atoms. The SMILES string of the molecule is CCN(CC)S(=O)(=O)N(CC)Cc1ccccc1Cl. The third-order valence-electron chi connectivity index (χ3n) is 3.02. The second-order valence-electron chi connectivity index (χ2n) is 4.11. The number of hydrogen-bond donors (Lipinski definition) is 0. The number of halogens is 1. The molecule has 0 aliphatic rings. The van der Waals surface area contributed by atoms with Crippen molar-refractivity contribution in [2.24, 2.45) is 0 Å². The third kappa shape index (κ3) is 3.92. The van der Waals surface area contributed by atoms with E-state index in [2.05, 4.69) is 0 Å². The largest absolute Gasteiger partial charge is 0.282 e. The van der Waals surface area contributed by atoms with Crippen LogP contribution in [0.1, 0.15) is 26.3 Å². The topological polar surface area (TPSA) is 40.6 Å². The summed E-state index contributed by atoms with van der Waals surface area (Å²) in [7, 11) is -3.42. The highest BCUT2D eigenvalue weighted by atomic mass is 35.5. The summed E-state index contributed by atoms with van der Waals surface area (Å²) in [5.41, 5.74) is 0.821. The Kier molecular flexibility index (Phi) is 6.26. The van der Waals surface area contributed by atoms with Crippen LogP contribution in [-0.2, 0) is 16.8 Å². The van der Waals surface area contributed by atoms with Gasteiger partial charge in [0.15, 0.2) is 0 Å². The van der Waals surface area contributed by atoms with Gasteiger partial charge in [0.1, 0.15) is 0 Å². The van der Waals surface area contributed by atoms with Crippen LogP contribution < -0.4 is 0 Å². The molecule has 1 aromatic carbocycles. The van der Waals surface area contributed by atoms with Gasteiger partial charge >= 0.3 is 0 Å².